The third kappa shape index (κ3) is 3.08. The fraction of sp³-hybridized carbons (Fsp3) is 0.160. The zero-order valence-electron chi connectivity index (χ0n) is 17.0. The van der Waals surface area contributed by atoms with Crippen LogP contribution in [0.3, 0.4) is 0 Å². The quantitative estimate of drug-likeness (QED) is 0.426. The molecule has 0 aliphatic heterocycles. The molecule has 1 amide bonds. The zero-order chi connectivity index (χ0) is 20.7. The summed E-state index contributed by atoms with van der Waals surface area (Å²) in [6.45, 7) is 4.84. The topological polar surface area (TPSA) is 51.0 Å². The first-order valence-corrected chi connectivity index (χ1v) is 10.1. The van der Waals surface area contributed by atoms with E-state index in [1.807, 2.05) is 72.5 Å². The van der Waals surface area contributed by atoms with Crippen molar-refractivity contribution in [2.45, 2.75) is 20.4 Å². The molecule has 3 aromatic carbocycles. The molecule has 5 aromatic rings. The number of fused-ring (bicyclic) bond motifs is 4. The highest BCUT2D eigenvalue weighted by molar-refractivity contribution is 6.06. The van der Waals surface area contributed by atoms with Crippen LogP contribution >= 0.6 is 0 Å². The predicted octanol–water partition coefficient (Wildman–Crippen LogP) is 5.10. The molecular weight excluding hydrogens is 372 g/mol. The summed E-state index contributed by atoms with van der Waals surface area (Å²) in [6.07, 6.45) is 0. The Kier molecular flexibility index (Phi) is 4.43. The van der Waals surface area contributed by atoms with E-state index in [1.54, 1.807) is 6.92 Å². The maximum atomic E-state index is 12.4. The Morgan fingerprint density at radius 3 is 2.43 bits per heavy atom. The van der Waals surface area contributed by atoms with Gasteiger partial charge in [0, 0.05) is 31.1 Å². The van der Waals surface area contributed by atoms with Crippen LogP contribution in [0.15, 0.2) is 72.8 Å². The van der Waals surface area contributed by atoms with Crippen molar-refractivity contribution in [1.82, 2.24) is 14.5 Å². The van der Waals surface area contributed by atoms with E-state index in [0.29, 0.717) is 13.1 Å². The largest absolute Gasteiger partial charge is 0.322 e. The SMILES string of the molecule is CC(=O)N(CCn1c2ccccc2c2nc3ccccc3nc21)c1cccc(C)c1. The van der Waals surface area contributed by atoms with Crippen LogP contribution in [-0.4, -0.2) is 27.0 Å². The van der Waals surface area contributed by atoms with Gasteiger partial charge in [-0.15, -0.1) is 0 Å². The number of hydrogen-bond donors (Lipinski definition) is 0. The molecule has 0 spiro atoms. The minimum atomic E-state index is 0.0258. The minimum Gasteiger partial charge on any atom is -0.322 e. The van der Waals surface area contributed by atoms with Crippen molar-refractivity contribution in [1.29, 1.82) is 0 Å². The first-order chi connectivity index (χ1) is 14.6. The number of aryl methyl sites for hydroxylation is 1. The lowest BCUT2D eigenvalue weighted by Gasteiger charge is -2.22. The molecule has 0 unspecified atom stereocenters. The Labute approximate surface area is 174 Å². The molecule has 0 atom stereocenters. The lowest BCUT2D eigenvalue weighted by atomic mass is 10.2. The lowest BCUT2D eigenvalue weighted by Crippen LogP contribution is -2.32. The van der Waals surface area contributed by atoms with Gasteiger partial charge in [0.1, 0.15) is 5.52 Å². The van der Waals surface area contributed by atoms with Crippen molar-refractivity contribution in [3.8, 4) is 0 Å². The maximum absolute atomic E-state index is 12.4. The van der Waals surface area contributed by atoms with Crippen LogP contribution in [0.1, 0.15) is 12.5 Å². The van der Waals surface area contributed by atoms with Gasteiger partial charge in [-0.1, -0.05) is 42.5 Å². The van der Waals surface area contributed by atoms with Crippen LogP contribution in [0.5, 0.6) is 0 Å². The average Bonchev–Trinajstić information content (AvgIpc) is 3.05. The van der Waals surface area contributed by atoms with E-state index in [4.69, 9.17) is 9.97 Å². The van der Waals surface area contributed by atoms with Crippen molar-refractivity contribution in [2.24, 2.45) is 0 Å². The van der Waals surface area contributed by atoms with E-state index in [1.165, 1.54) is 0 Å². The number of rotatable bonds is 4. The fourth-order valence-electron chi connectivity index (χ4n) is 4.07. The molecule has 30 heavy (non-hydrogen) atoms. The molecule has 0 aliphatic carbocycles. The van der Waals surface area contributed by atoms with Gasteiger partial charge < -0.3 is 9.47 Å². The molecule has 0 saturated carbocycles. The van der Waals surface area contributed by atoms with Crippen LogP contribution in [0, 0.1) is 6.92 Å². The van der Waals surface area contributed by atoms with E-state index >= 15 is 0 Å². The highest BCUT2D eigenvalue weighted by atomic mass is 16.2. The summed E-state index contributed by atoms with van der Waals surface area (Å²) in [5.41, 5.74) is 6.63. The lowest BCUT2D eigenvalue weighted by molar-refractivity contribution is -0.116. The maximum Gasteiger partial charge on any atom is 0.223 e. The molecule has 0 saturated heterocycles. The van der Waals surface area contributed by atoms with Gasteiger partial charge in [0.15, 0.2) is 5.65 Å². The van der Waals surface area contributed by atoms with Gasteiger partial charge in [-0.2, -0.15) is 0 Å². The Balaban J connectivity index is 1.62. The van der Waals surface area contributed by atoms with Gasteiger partial charge in [-0.25, -0.2) is 9.97 Å². The minimum absolute atomic E-state index is 0.0258. The van der Waals surface area contributed by atoms with Gasteiger partial charge in [0.05, 0.1) is 16.6 Å². The summed E-state index contributed by atoms with van der Waals surface area (Å²) >= 11 is 0. The first-order valence-electron chi connectivity index (χ1n) is 10.1. The summed E-state index contributed by atoms with van der Waals surface area (Å²) in [6, 6.07) is 24.2. The molecular formula is C25H22N4O. The van der Waals surface area contributed by atoms with Crippen molar-refractivity contribution in [3.63, 3.8) is 0 Å². The van der Waals surface area contributed by atoms with E-state index in [0.717, 1.165) is 44.4 Å². The highest BCUT2D eigenvalue weighted by Gasteiger charge is 2.17. The Morgan fingerprint density at radius 2 is 1.67 bits per heavy atom. The normalized spacial score (nSPS) is 11.4. The number of benzene rings is 3. The number of para-hydroxylation sites is 3. The number of anilines is 1. The number of hydrogen-bond acceptors (Lipinski definition) is 3. The Bertz CT molecular complexity index is 1400. The first kappa shape index (κ1) is 18.3. The molecule has 2 aromatic heterocycles. The zero-order valence-corrected chi connectivity index (χ0v) is 17.0. The molecule has 5 nitrogen and oxygen atoms in total. The van der Waals surface area contributed by atoms with Gasteiger partial charge in [-0.05, 0) is 42.8 Å². The molecule has 5 rings (SSSR count). The van der Waals surface area contributed by atoms with Crippen LogP contribution in [0.2, 0.25) is 0 Å². The van der Waals surface area contributed by atoms with Crippen molar-refractivity contribution in [2.75, 3.05) is 11.4 Å². The highest BCUT2D eigenvalue weighted by Crippen LogP contribution is 2.28. The number of amides is 1. The number of aromatic nitrogens is 3. The molecule has 2 heterocycles. The van der Waals surface area contributed by atoms with Crippen LogP contribution < -0.4 is 4.90 Å². The fourth-order valence-corrected chi connectivity index (χ4v) is 4.07. The number of carbonyl (C=O) groups is 1. The molecule has 5 heteroatoms. The summed E-state index contributed by atoms with van der Waals surface area (Å²) in [5.74, 6) is 0.0258. The van der Waals surface area contributed by atoms with Crippen molar-refractivity contribution in [3.05, 3.63) is 78.4 Å². The van der Waals surface area contributed by atoms with Crippen molar-refractivity contribution < 1.29 is 4.79 Å². The second-order valence-electron chi connectivity index (χ2n) is 7.56. The molecule has 0 fully saturated rings. The van der Waals surface area contributed by atoms with Crippen LogP contribution in [0.25, 0.3) is 33.1 Å². The van der Waals surface area contributed by atoms with Gasteiger partial charge >= 0.3 is 0 Å². The molecule has 0 radical (unpaired) electrons. The molecule has 148 valence electrons. The third-order valence-corrected chi connectivity index (χ3v) is 5.50. The summed E-state index contributed by atoms with van der Waals surface area (Å²) in [7, 11) is 0. The van der Waals surface area contributed by atoms with Gasteiger partial charge in [0.25, 0.3) is 0 Å². The van der Waals surface area contributed by atoms with Crippen LogP contribution in [0.4, 0.5) is 5.69 Å². The average molecular weight is 394 g/mol. The van der Waals surface area contributed by atoms with E-state index < -0.39 is 0 Å². The van der Waals surface area contributed by atoms with Crippen molar-refractivity contribution >= 4 is 44.7 Å². The predicted molar refractivity (Wildman–Crippen MR) is 122 cm³/mol. The smallest absolute Gasteiger partial charge is 0.223 e. The van der Waals surface area contributed by atoms with E-state index in [2.05, 4.69) is 16.7 Å². The monoisotopic (exact) mass is 394 g/mol. The summed E-state index contributed by atoms with van der Waals surface area (Å²) < 4.78 is 2.18. The van der Waals surface area contributed by atoms with Crippen LogP contribution in [-0.2, 0) is 11.3 Å². The number of nitrogens with zero attached hydrogens (tertiary/aromatic N) is 4. The molecule has 0 aliphatic rings. The van der Waals surface area contributed by atoms with E-state index in [9.17, 15) is 4.79 Å². The van der Waals surface area contributed by atoms with Gasteiger partial charge in [-0.3, -0.25) is 4.79 Å². The second kappa shape index (κ2) is 7.26. The standard InChI is InChI=1S/C25H22N4O/c1-17-8-7-9-19(16-17)28(18(2)30)14-15-29-23-13-6-3-10-20(23)24-25(29)27-22-12-5-4-11-21(22)26-24/h3-13,16H,14-15H2,1-2H3. The van der Waals surface area contributed by atoms with Gasteiger partial charge in [0.2, 0.25) is 5.91 Å². The number of carbonyl (C=O) groups excluding carboxylic acids is 1. The third-order valence-electron chi connectivity index (χ3n) is 5.50. The molecule has 0 N–H and O–H groups in total. The summed E-state index contributed by atoms with van der Waals surface area (Å²) in [4.78, 5) is 24.0. The Morgan fingerprint density at radius 1 is 0.933 bits per heavy atom. The van der Waals surface area contributed by atoms with E-state index in [-0.39, 0.29) is 5.91 Å². The summed E-state index contributed by atoms with van der Waals surface area (Å²) in [5, 5.41) is 1.08. The molecule has 0 bridgehead atoms. The Hall–Kier alpha value is -3.73. The second-order valence-corrected chi connectivity index (χ2v) is 7.56.